The lowest BCUT2D eigenvalue weighted by Crippen LogP contribution is -2.29. The van der Waals surface area contributed by atoms with Gasteiger partial charge in [-0.2, -0.15) is 0 Å². The molecule has 0 unspecified atom stereocenters. The molecule has 1 aliphatic rings. The number of aromatic nitrogens is 1. The van der Waals surface area contributed by atoms with Crippen molar-refractivity contribution in [1.82, 2.24) is 5.16 Å². The molecule has 3 heterocycles. The first-order chi connectivity index (χ1) is 14.3. The van der Waals surface area contributed by atoms with E-state index in [1.165, 1.54) is 4.90 Å². The van der Waals surface area contributed by atoms with Gasteiger partial charge in [0.15, 0.2) is 11.2 Å². The van der Waals surface area contributed by atoms with Crippen LogP contribution in [0.3, 0.4) is 0 Å². The summed E-state index contributed by atoms with van der Waals surface area (Å²) in [4.78, 5) is 28.4. The summed E-state index contributed by atoms with van der Waals surface area (Å²) >= 11 is 6.26. The summed E-state index contributed by atoms with van der Waals surface area (Å²) in [6.07, 6.45) is 0. The highest BCUT2D eigenvalue weighted by Gasteiger charge is 2.44. The average Bonchev–Trinajstić information content (AvgIpc) is 3.26. The van der Waals surface area contributed by atoms with Gasteiger partial charge in [0.2, 0.25) is 5.76 Å². The molecule has 150 valence electrons. The van der Waals surface area contributed by atoms with E-state index in [1.807, 2.05) is 38.1 Å². The molecule has 1 amide bonds. The Balaban J connectivity index is 1.83. The number of carbonyl (C=O) groups excluding carboxylic acids is 1. The monoisotopic (exact) mass is 420 g/mol. The lowest BCUT2D eigenvalue weighted by atomic mass is 9.97. The van der Waals surface area contributed by atoms with Crippen molar-refractivity contribution in [3.63, 3.8) is 0 Å². The van der Waals surface area contributed by atoms with E-state index < -0.39 is 11.9 Å². The van der Waals surface area contributed by atoms with E-state index in [-0.39, 0.29) is 16.8 Å². The zero-order valence-corrected chi connectivity index (χ0v) is 17.3. The molecule has 0 radical (unpaired) electrons. The Bertz CT molecular complexity index is 1390. The van der Waals surface area contributed by atoms with Gasteiger partial charge in [0.25, 0.3) is 5.91 Å². The van der Waals surface area contributed by atoms with Gasteiger partial charge in [0.1, 0.15) is 11.3 Å². The number of aryl methyl sites for hydroxylation is 3. The number of halogens is 1. The molecule has 5 rings (SSSR count). The van der Waals surface area contributed by atoms with Crippen LogP contribution in [0, 0.1) is 20.8 Å². The Hall–Kier alpha value is -3.38. The average molecular weight is 421 g/mol. The van der Waals surface area contributed by atoms with Gasteiger partial charge in [0, 0.05) is 11.1 Å². The van der Waals surface area contributed by atoms with E-state index in [2.05, 4.69) is 5.16 Å². The third-order valence-electron chi connectivity index (χ3n) is 5.41. The van der Waals surface area contributed by atoms with Gasteiger partial charge in [-0.15, -0.1) is 0 Å². The van der Waals surface area contributed by atoms with Crippen LogP contribution in [0.5, 0.6) is 0 Å². The van der Waals surface area contributed by atoms with Crippen molar-refractivity contribution < 1.29 is 13.7 Å². The predicted octanol–water partition coefficient (Wildman–Crippen LogP) is 5.11. The van der Waals surface area contributed by atoms with Crippen LogP contribution in [0.2, 0.25) is 5.02 Å². The second-order valence-corrected chi connectivity index (χ2v) is 7.96. The molecule has 0 fully saturated rings. The van der Waals surface area contributed by atoms with Crippen molar-refractivity contribution in [2.24, 2.45) is 0 Å². The molecule has 1 atom stereocenters. The SMILES string of the molecule is Cc1ccc([C@H]2c3c(oc4cc(C)c(Cl)cc4c3=O)C(=O)N2c2cc(C)on2)cc1. The normalized spacial score (nSPS) is 15.8. The third kappa shape index (κ3) is 2.68. The Morgan fingerprint density at radius 3 is 2.43 bits per heavy atom. The van der Waals surface area contributed by atoms with E-state index in [0.717, 1.165) is 16.7 Å². The number of fused-ring (bicyclic) bond motifs is 2. The third-order valence-corrected chi connectivity index (χ3v) is 5.81. The van der Waals surface area contributed by atoms with Crippen LogP contribution < -0.4 is 10.3 Å². The largest absolute Gasteiger partial charge is 0.450 e. The lowest BCUT2D eigenvalue weighted by Gasteiger charge is -2.22. The molecule has 0 bridgehead atoms. The number of anilines is 1. The number of hydrogen-bond acceptors (Lipinski definition) is 5. The van der Waals surface area contributed by atoms with Crippen LogP contribution in [0.15, 0.2) is 56.2 Å². The first kappa shape index (κ1) is 18.6. The highest BCUT2D eigenvalue weighted by molar-refractivity contribution is 6.32. The summed E-state index contributed by atoms with van der Waals surface area (Å²) in [5, 5.41) is 4.83. The number of nitrogens with zero attached hydrogens (tertiary/aromatic N) is 2. The highest BCUT2D eigenvalue weighted by Crippen LogP contribution is 2.41. The fraction of sp³-hybridized carbons (Fsp3) is 0.174. The molecule has 0 N–H and O–H groups in total. The van der Waals surface area contributed by atoms with E-state index in [1.54, 1.807) is 25.1 Å². The second-order valence-electron chi connectivity index (χ2n) is 7.56. The first-order valence-corrected chi connectivity index (χ1v) is 9.83. The summed E-state index contributed by atoms with van der Waals surface area (Å²) < 4.78 is 11.2. The lowest BCUT2D eigenvalue weighted by molar-refractivity contribution is 0.0969. The van der Waals surface area contributed by atoms with Crippen LogP contribution >= 0.6 is 11.6 Å². The summed E-state index contributed by atoms with van der Waals surface area (Å²) in [6.45, 7) is 5.53. The number of benzene rings is 2. The minimum absolute atomic E-state index is 0.0143. The van der Waals surface area contributed by atoms with Gasteiger partial charge in [0.05, 0.1) is 17.0 Å². The minimum Gasteiger partial charge on any atom is -0.450 e. The van der Waals surface area contributed by atoms with Crippen molar-refractivity contribution in [3.05, 3.63) is 91.5 Å². The Morgan fingerprint density at radius 1 is 1.03 bits per heavy atom. The highest BCUT2D eigenvalue weighted by atomic mass is 35.5. The van der Waals surface area contributed by atoms with Gasteiger partial charge >= 0.3 is 0 Å². The molecule has 30 heavy (non-hydrogen) atoms. The molecule has 2 aromatic carbocycles. The molecular formula is C23H17ClN2O4. The molecule has 1 aliphatic heterocycles. The fourth-order valence-electron chi connectivity index (χ4n) is 3.86. The smallest absolute Gasteiger partial charge is 0.296 e. The molecule has 2 aromatic heterocycles. The van der Waals surface area contributed by atoms with Crippen molar-refractivity contribution >= 4 is 34.3 Å². The van der Waals surface area contributed by atoms with E-state index in [4.69, 9.17) is 20.5 Å². The van der Waals surface area contributed by atoms with Crippen molar-refractivity contribution in [3.8, 4) is 0 Å². The van der Waals surface area contributed by atoms with Crippen LogP contribution in [-0.2, 0) is 0 Å². The Morgan fingerprint density at radius 2 is 1.77 bits per heavy atom. The Kier molecular flexibility index (Phi) is 4.08. The van der Waals surface area contributed by atoms with Crippen LogP contribution in [-0.4, -0.2) is 11.1 Å². The summed E-state index contributed by atoms with van der Waals surface area (Å²) in [7, 11) is 0. The molecule has 7 heteroatoms. The maximum absolute atomic E-state index is 13.5. The predicted molar refractivity (Wildman–Crippen MR) is 113 cm³/mol. The number of rotatable bonds is 2. The standard InChI is InChI=1S/C23H17ClN2O4/c1-11-4-6-14(7-5-11)20-19-21(27)15-10-16(24)12(2)8-17(15)29-22(19)23(28)26(20)18-9-13(3)30-25-18/h4-10,20H,1-3H3/t20-/m0/s1. The van der Waals surface area contributed by atoms with Crippen molar-refractivity contribution in [1.29, 1.82) is 0 Å². The zero-order chi connectivity index (χ0) is 21.2. The topological polar surface area (TPSA) is 76.6 Å². The molecule has 0 aliphatic carbocycles. The van der Waals surface area contributed by atoms with Crippen LogP contribution in [0.1, 0.15) is 44.6 Å². The molecule has 0 saturated carbocycles. The van der Waals surface area contributed by atoms with E-state index >= 15 is 0 Å². The number of carbonyl (C=O) groups is 1. The maximum atomic E-state index is 13.5. The molecule has 6 nitrogen and oxygen atoms in total. The van der Waals surface area contributed by atoms with Crippen LogP contribution in [0.4, 0.5) is 5.82 Å². The number of hydrogen-bond donors (Lipinski definition) is 0. The summed E-state index contributed by atoms with van der Waals surface area (Å²) in [5.41, 5.74) is 2.93. The van der Waals surface area contributed by atoms with Gasteiger partial charge in [-0.25, -0.2) is 0 Å². The molecular weight excluding hydrogens is 404 g/mol. The second kappa shape index (κ2) is 6.57. The van der Waals surface area contributed by atoms with Gasteiger partial charge in [-0.05, 0) is 44.0 Å². The quantitative estimate of drug-likeness (QED) is 0.450. The zero-order valence-electron chi connectivity index (χ0n) is 16.5. The van der Waals surface area contributed by atoms with E-state index in [9.17, 15) is 9.59 Å². The first-order valence-electron chi connectivity index (χ1n) is 9.45. The fourth-order valence-corrected chi connectivity index (χ4v) is 4.02. The van der Waals surface area contributed by atoms with Gasteiger partial charge < -0.3 is 8.94 Å². The Labute approximate surface area is 176 Å². The summed E-state index contributed by atoms with van der Waals surface area (Å²) in [5.74, 6) is 0.464. The van der Waals surface area contributed by atoms with Crippen molar-refractivity contribution in [2.75, 3.05) is 4.90 Å². The van der Waals surface area contributed by atoms with Crippen molar-refractivity contribution in [2.45, 2.75) is 26.8 Å². The number of amides is 1. The molecule has 0 spiro atoms. The van der Waals surface area contributed by atoms with E-state index in [0.29, 0.717) is 27.6 Å². The van der Waals surface area contributed by atoms with Crippen LogP contribution in [0.25, 0.3) is 11.0 Å². The van der Waals surface area contributed by atoms with Gasteiger partial charge in [-0.1, -0.05) is 46.6 Å². The molecule has 0 saturated heterocycles. The maximum Gasteiger partial charge on any atom is 0.296 e. The summed E-state index contributed by atoms with van der Waals surface area (Å²) in [6, 6.07) is 11.9. The molecule has 4 aromatic rings. The minimum atomic E-state index is -0.682. The van der Waals surface area contributed by atoms with Gasteiger partial charge in [-0.3, -0.25) is 14.5 Å².